The molecule has 0 atom stereocenters. The van der Waals surface area contributed by atoms with Crippen LogP contribution in [0.5, 0.6) is 0 Å². The molecule has 2 fully saturated rings. The minimum atomic E-state index is 0.550. The quantitative estimate of drug-likeness (QED) is 0.415. The van der Waals surface area contributed by atoms with Crippen molar-refractivity contribution in [3.8, 4) is 0 Å². The molecule has 104 valence electrons. The first-order valence-electron chi connectivity index (χ1n) is 7.49. The van der Waals surface area contributed by atoms with E-state index < -0.39 is 0 Å². The van der Waals surface area contributed by atoms with Gasteiger partial charge in [-0.15, -0.1) is 0 Å². The van der Waals surface area contributed by atoms with E-state index >= 15 is 0 Å². The average molecular weight is 253 g/mol. The van der Waals surface area contributed by atoms with Crippen molar-refractivity contribution in [2.75, 3.05) is 19.8 Å². The number of hydrogen-bond acceptors (Lipinski definition) is 2. The summed E-state index contributed by atoms with van der Waals surface area (Å²) in [6, 6.07) is 0.550. The van der Waals surface area contributed by atoms with Crippen molar-refractivity contribution in [1.29, 1.82) is 0 Å². The van der Waals surface area contributed by atoms with Crippen LogP contribution in [0.1, 0.15) is 51.4 Å². The van der Waals surface area contributed by atoms with Crippen molar-refractivity contribution in [2.45, 2.75) is 57.4 Å². The monoisotopic (exact) mass is 253 g/mol. The second kappa shape index (κ2) is 7.62. The van der Waals surface area contributed by atoms with Gasteiger partial charge in [-0.2, -0.15) is 0 Å². The molecule has 0 bridgehead atoms. The summed E-state index contributed by atoms with van der Waals surface area (Å²) in [6.45, 7) is 2.53. The lowest BCUT2D eigenvalue weighted by molar-refractivity contribution is 0.123. The Balaban J connectivity index is 1.47. The zero-order valence-corrected chi connectivity index (χ0v) is 11.4. The Hall–Kier alpha value is -0.770. The van der Waals surface area contributed by atoms with Gasteiger partial charge in [0.2, 0.25) is 0 Å². The molecule has 0 aliphatic heterocycles. The van der Waals surface area contributed by atoms with Crippen molar-refractivity contribution in [3.05, 3.63) is 0 Å². The van der Waals surface area contributed by atoms with Gasteiger partial charge in [-0.1, -0.05) is 19.3 Å². The number of nitrogens with one attached hydrogen (secondary N) is 1. The van der Waals surface area contributed by atoms with E-state index in [9.17, 15) is 0 Å². The summed E-state index contributed by atoms with van der Waals surface area (Å²) in [4.78, 5) is 4.35. The van der Waals surface area contributed by atoms with Gasteiger partial charge in [0.1, 0.15) is 0 Å². The number of guanidine groups is 1. The van der Waals surface area contributed by atoms with E-state index in [0.29, 0.717) is 12.0 Å². The zero-order chi connectivity index (χ0) is 12.6. The Morgan fingerprint density at radius 2 is 1.94 bits per heavy atom. The number of aliphatic imine (C=N–C) groups is 1. The molecule has 0 aromatic carbocycles. The fraction of sp³-hybridized carbons (Fsp3) is 0.929. The fourth-order valence-electron chi connectivity index (χ4n) is 2.40. The summed E-state index contributed by atoms with van der Waals surface area (Å²) in [5.74, 6) is 1.47. The highest BCUT2D eigenvalue weighted by Gasteiger charge is 2.20. The van der Waals surface area contributed by atoms with E-state index in [1.807, 2.05) is 0 Å². The maximum atomic E-state index is 5.88. The molecule has 2 aliphatic carbocycles. The van der Waals surface area contributed by atoms with Crippen LogP contribution >= 0.6 is 0 Å². The summed E-state index contributed by atoms with van der Waals surface area (Å²) in [6.07, 6.45) is 10.2. The number of hydrogen-bond donors (Lipinski definition) is 2. The van der Waals surface area contributed by atoms with Gasteiger partial charge in [0.15, 0.2) is 5.96 Å². The van der Waals surface area contributed by atoms with Crippen LogP contribution in [0.25, 0.3) is 0 Å². The van der Waals surface area contributed by atoms with Crippen LogP contribution in [-0.4, -0.2) is 31.8 Å². The summed E-state index contributed by atoms with van der Waals surface area (Å²) >= 11 is 0. The van der Waals surface area contributed by atoms with Crippen LogP contribution in [0.15, 0.2) is 4.99 Å². The van der Waals surface area contributed by atoms with Crippen molar-refractivity contribution in [3.63, 3.8) is 0 Å². The maximum absolute atomic E-state index is 5.88. The molecule has 0 aromatic rings. The Kier molecular flexibility index (Phi) is 5.78. The smallest absolute Gasteiger partial charge is 0.188 e. The van der Waals surface area contributed by atoms with Crippen LogP contribution in [-0.2, 0) is 4.74 Å². The van der Waals surface area contributed by atoms with E-state index in [1.165, 1.54) is 44.9 Å². The van der Waals surface area contributed by atoms with Crippen LogP contribution in [0.2, 0.25) is 0 Å². The Morgan fingerprint density at radius 1 is 1.17 bits per heavy atom. The lowest BCUT2D eigenvalue weighted by Gasteiger charge is -2.23. The third-order valence-electron chi connectivity index (χ3n) is 3.74. The third kappa shape index (κ3) is 5.71. The highest BCUT2D eigenvalue weighted by atomic mass is 16.5. The van der Waals surface area contributed by atoms with Crippen LogP contribution in [0.4, 0.5) is 0 Å². The highest BCUT2D eigenvalue weighted by molar-refractivity contribution is 5.78. The molecule has 4 heteroatoms. The number of ether oxygens (including phenoxy) is 1. The summed E-state index contributed by atoms with van der Waals surface area (Å²) in [5.41, 5.74) is 5.88. The summed E-state index contributed by atoms with van der Waals surface area (Å²) < 4.78 is 5.56. The predicted molar refractivity (Wildman–Crippen MR) is 74.7 cm³/mol. The first kappa shape index (κ1) is 13.7. The molecule has 0 amide bonds. The molecule has 0 radical (unpaired) electrons. The van der Waals surface area contributed by atoms with Gasteiger partial charge in [0.25, 0.3) is 0 Å². The second-order valence-corrected chi connectivity index (χ2v) is 5.62. The average Bonchev–Trinajstić information content (AvgIpc) is 3.19. The van der Waals surface area contributed by atoms with E-state index in [0.717, 1.165) is 32.1 Å². The van der Waals surface area contributed by atoms with Crippen molar-refractivity contribution in [2.24, 2.45) is 16.6 Å². The molecule has 0 heterocycles. The molecule has 0 unspecified atom stereocenters. The maximum Gasteiger partial charge on any atom is 0.188 e. The van der Waals surface area contributed by atoms with Gasteiger partial charge in [-0.3, -0.25) is 4.99 Å². The Bertz CT molecular complexity index is 258. The molecular weight excluding hydrogens is 226 g/mol. The van der Waals surface area contributed by atoms with E-state index in [4.69, 9.17) is 10.5 Å². The van der Waals surface area contributed by atoms with Crippen molar-refractivity contribution < 1.29 is 4.74 Å². The van der Waals surface area contributed by atoms with Crippen molar-refractivity contribution >= 4 is 5.96 Å². The minimum absolute atomic E-state index is 0.550. The SMILES string of the molecule is NC(=NCCCOCC1CC1)NC1CCCCC1. The topological polar surface area (TPSA) is 59.6 Å². The molecule has 3 N–H and O–H groups in total. The molecule has 2 rings (SSSR count). The lowest BCUT2D eigenvalue weighted by atomic mass is 9.96. The highest BCUT2D eigenvalue weighted by Crippen LogP contribution is 2.28. The van der Waals surface area contributed by atoms with Gasteiger partial charge < -0.3 is 15.8 Å². The number of rotatable bonds is 7. The van der Waals surface area contributed by atoms with Crippen LogP contribution in [0, 0.1) is 5.92 Å². The molecule has 2 saturated carbocycles. The van der Waals surface area contributed by atoms with E-state index in [1.54, 1.807) is 0 Å². The van der Waals surface area contributed by atoms with Crippen LogP contribution in [0.3, 0.4) is 0 Å². The predicted octanol–water partition coefficient (Wildman–Crippen LogP) is 2.04. The van der Waals surface area contributed by atoms with Gasteiger partial charge in [-0.25, -0.2) is 0 Å². The molecule has 2 aliphatic rings. The summed E-state index contributed by atoms with van der Waals surface area (Å²) in [7, 11) is 0. The zero-order valence-electron chi connectivity index (χ0n) is 11.4. The van der Waals surface area contributed by atoms with Gasteiger partial charge in [0.05, 0.1) is 0 Å². The van der Waals surface area contributed by atoms with Crippen LogP contribution < -0.4 is 11.1 Å². The van der Waals surface area contributed by atoms with Crippen molar-refractivity contribution in [1.82, 2.24) is 5.32 Å². The lowest BCUT2D eigenvalue weighted by Crippen LogP contribution is -2.41. The number of nitrogens with zero attached hydrogens (tertiary/aromatic N) is 1. The normalized spacial score (nSPS) is 22.1. The molecule has 4 nitrogen and oxygen atoms in total. The standard InChI is InChI=1S/C14H27N3O/c15-14(17-13-5-2-1-3-6-13)16-9-4-10-18-11-12-7-8-12/h12-13H,1-11H2,(H3,15,16,17). The van der Waals surface area contributed by atoms with E-state index in [-0.39, 0.29) is 0 Å². The molecular formula is C14H27N3O. The largest absolute Gasteiger partial charge is 0.381 e. The fourth-order valence-corrected chi connectivity index (χ4v) is 2.40. The third-order valence-corrected chi connectivity index (χ3v) is 3.74. The molecule has 0 spiro atoms. The second-order valence-electron chi connectivity index (χ2n) is 5.62. The molecule has 0 aromatic heterocycles. The summed E-state index contributed by atoms with van der Waals surface area (Å²) in [5, 5.41) is 3.32. The molecule has 18 heavy (non-hydrogen) atoms. The first-order valence-corrected chi connectivity index (χ1v) is 7.49. The van der Waals surface area contributed by atoms with E-state index in [2.05, 4.69) is 10.3 Å². The number of nitrogens with two attached hydrogens (primary N) is 1. The van der Waals surface area contributed by atoms with Gasteiger partial charge >= 0.3 is 0 Å². The van der Waals surface area contributed by atoms with Gasteiger partial charge in [-0.05, 0) is 38.0 Å². The first-order chi connectivity index (χ1) is 8.84. The Labute approximate surface area is 110 Å². The van der Waals surface area contributed by atoms with Gasteiger partial charge in [0, 0.05) is 25.8 Å². The minimum Gasteiger partial charge on any atom is -0.381 e. The Morgan fingerprint density at radius 3 is 2.67 bits per heavy atom. The molecule has 0 saturated heterocycles.